The molecule has 0 spiro atoms. The van der Waals surface area contributed by atoms with Gasteiger partial charge < -0.3 is 10.1 Å². The number of hydrogen-bond acceptors (Lipinski definition) is 4. The van der Waals surface area contributed by atoms with E-state index in [9.17, 15) is 0 Å². The maximum Gasteiger partial charge on any atom is 0.122 e. The first kappa shape index (κ1) is 13.0. The first-order valence-electron chi connectivity index (χ1n) is 6.54. The highest BCUT2D eigenvalue weighted by atomic mass is 32.1. The van der Waals surface area contributed by atoms with Crippen LogP contribution in [0.2, 0.25) is 0 Å². The zero-order valence-corrected chi connectivity index (χ0v) is 11.8. The van der Waals surface area contributed by atoms with Crippen LogP contribution >= 0.6 is 11.3 Å². The molecule has 0 saturated carbocycles. The van der Waals surface area contributed by atoms with E-state index in [0.29, 0.717) is 6.04 Å². The second-order valence-electron chi connectivity index (χ2n) is 4.81. The van der Waals surface area contributed by atoms with Crippen molar-refractivity contribution in [1.82, 2.24) is 10.3 Å². The Morgan fingerprint density at radius 2 is 2.35 bits per heavy atom. The summed E-state index contributed by atoms with van der Waals surface area (Å²) in [5.41, 5.74) is 1.24. The first-order chi connectivity index (χ1) is 8.20. The smallest absolute Gasteiger partial charge is 0.122 e. The maximum atomic E-state index is 5.70. The summed E-state index contributed by atoms with van der Waals surface area (Å²) in [7, 11) is 0. The van der Waals surface area contributed by atoms with Gasteiger partial charge in [-0.15, -0.1) is 11.3 Å². The number of thiazole rings is 1. The minimum Gasteiger partial charge on any atom is -0.371 e. The van der Waals surface area contributed by atoms with E-state index >= 15 is 0 Å². The highest BCUT2D eigenvalue weighted by molar-refractivity contribution is 7.11. The van der Waals surface area contributed by atoms with E-state index in [2.05, 4.69) is 26.1 Å². The van der Waals surface area contributed by atoms with Crippen molar-refractivity contribution in [3.05, 3.63) is 15.6 Å². The summed E-state index contributed by atoms with van der Waals surface area (Å²) in [6.07, 6.45) is 3.58. The third-order valence-corrected chi connectivity index (χ3v) is 4.20. The molecule has 1 aliphatic rings. The lowest BCUT2D eigenvalue weighted by Gasteiger charge is -2.06. The first-order valence-corrected chi connectivity index (χ1v) is 7.35. The molecule has 3 nitrogen and oxygen atoms in total. The van der Waals surface area contributed by atoms with Crippen molar-refractivity contribution in [1.29, 1.82) is 0 Å². The molecule has 1 aliphatic heterocycles. The van der Waals surface area contributed by atoms with E-state index in [0.717, 1.165) is 26.0 Å². The van der Waals surface area contributed by atoms with Gasteiger partial charge in [-0.1, -0.05) is 20.8 Å². The Balaban J connectivity index is 2.08. The van der Waals surface area contributed by atoms with Crippen LogP contribution in [0.3, 0.4) is 0 Å². The molecule has 2 heterocycles. The van der Waals surface area contributed by atoms with Crippen molar-refractivity contribution >= 4 is 11.3 Å². The van der Waals surface area contributed by atoms with Gasteiger partial charge in [0.1, 0.15) is 11.1 Å². The predicted molar refractivity (Wildman–Crippen MR) is 71.4 cm³/mol. The summed E-state index contributed by atoms with van der Waals surface area (Å²) < 4.78 is 5.70. The summed E-state index contributed by atoms with van der Waals surface area (Å²) in [4.78, 5) is 6.12. The summed E-state index contributed by atoms with van der Waals surface area (Å²) >= 11 is 1.82. The molecule has 96 valence electrons. The highest BCUT2D eigenvalue weighted by Gasteiger charge is 2.22. The summed E-state index contributed by atoms with van der Waals surface area (Å²) in [6, 6.07) is 0.521. The van der Waals surface area contributed by atoms with Gasteiger partial charge in [0, 0.05) is 24.1 Å². The summed E-state index contributed by atoms with van der Waals surface area (Å²) in [5.74, 6) is 0. The van der Waals surface area contributed by atoms with E-state index in [1.54, 1.807) is 0 Å². The molecule has 1 atom stereocenters. The fraction of sp³-hybridized carbons (Fsp3) is 0.769. The molecule has 0 radical (unpaired) electrons. The third kappa shape index (κ3) is 3.27. The molecule has 4 heteroatoms. The van der Waals surface area contributed by atoms with E-state index in [-0.39, 0.29) is 6.10 Å². The van der Waals surface area contributed by atoms with Crippen LogP contribution in [0.1, 0.15) is 55.3 Å². The van der Waals surface area contributed by atoms with Gasteiger partial charge in [0.2, 0.25) is 0 Å². The number of aryl methyl sites for hydroxylation is 1. The minimum atomic E-state index is 0.262. The van der Waals surface area contributed by atoms with E-state index in [4.69, 9.17) is 9.72 Å². The van der Waals surface area contributed by atoms with E-state index in [1.165, 1.54) is 22.0 Å². The van der Waals surface area contributed by atoms with Gasteiger partial charge in [-0.05, 0) is 19.3 Å². The van der Waals surface area contributed by atoms with Gasteiger partial charge in [0.25, 0.3) is 0 Å². The van der Waals surface area contributed by atoms with Crippen molar-refractivity contribution in [2.45, 2.75) is 58.7 Å². The lowest BCUT2D eigenvalue weighted by Crippen LogP contribution is -2.21. The van der Waals surface area contributed by atoms with Crippen molar-refractivity contribution in [2.75, 3.05) is 6.61 Å². The summed E-state index contributed by atoms with van der Waals surface area (Å²) in [5, 5.41) is 4.65. The van der Waals surface area contributed by atoms with Crippen LogP contribution in [0, 0.1) is 0 Å². The van der Waals surface area contributed by atoms with Gasteiger partial charge in [-0.3, -0.25) is 0 Å². The number of hydrogen-bond donors (Lipinski definition) is 1. The fourth-order valence-corrected chi connectivity index (χ4v) is 3.21. The fourth-order valence-electron chi connectivity index (χ4n) is 2.02. The van der Waals surface area contributed by atoms with Crippen LogP contribution < -0.4 is 5.32 Å². The van der Waals surface area contributed by atoms with Crippen LogP contribution in [0.4, 0.5) is 0 Å². The molecule has 0 bridgehead atoms. The lowest BCUT2D eigenvalue weighted by atomic mass is 10.2. The molecule has 1 fully saturated rings. The quantitative estimate of drug-likeness (QED) is 0.877. The van der Waals surface area contributed by atoms with Crippen LogP contribution in [0.5, 0.6) is 0 Å². The zero-order chi connectivity index (χ0) is 12.3. The van der Waals surface area contributed by atoms with Crippen molar-refractivity contribution in [3.8, 4) is 0 Å². The van der Waals surface area contributed by atoms with E-state index in [1.807, 2.05) is 11.3 Å². The summed E-state index contributed by atoms with van der Waals surface area (Å²) in [6.45, 7) is 8.35. The van der Waals surface area contributed by atoms with Crippen molar-refractivity contribution in [2.24, 2.45) is 0 Å². The molecule has 1 aromatic rings. The number of aromatic nitrogens is 1. The molecule has 1 saturated heterocycles. The van der Waals surface area contributed by atoms with Gasteiger partial charge in [0.15, 0.2) is 0 Å². The number of rotatable bonds is 5. The topological polar surface area (TPSA) is 34.1 Å². The lowest BCUT2D eigenvalue weighted by molar-refractivity contribution is 0.111. The van der Waals surface area contributed by atoms with Gasteiger partial charge in [-0.2, -0.15) is 0 Å². The third-order valence-electron chi connectivity index (χ3n) is 3.01. The minimum absolute atomic E-state index is 0.262. The zero-order valence-electron chi connectivity index (χ0n) is 11.0. The van der Waals surface area contributed by atoms with Gasteiger partial charge in [0.05, 0.1) is 5.69 Å². The van der Waals surface area contributed by atoms with Crippen LogP contribution in [0.15, 0.2) is 0 Å². The van der Waals surface area contributed by atoms with Crippen LogP contribution in [-0.2, 0) is 17.7 Å². The van der Waals surface area contributed by atoms with E-state index < -0.39 is 0 Å². The SMILES string of the molecule is CCc1nc(C2CCCO2)sc1CNC(C)C. The van der Waals surface area contributed by atoms with Crippen LogP contribution in [-0.4, -0.2) is 17.6 Å². The maximum absolute atomic E-state index is 5.70. The monoisotopic (exact) mass is 254 g/mol. The molecule has 0 amide bonds. The van der Waals surface area contributed by atoms with Crippen molar-refractivity contribution in [3.63, 3.8) is 0 Å². The molecule has 17 heavy (non-hydrogen) atoms. The molecular formula is C13H22N2OS. The molecule has 0 aromatic carbocycles. The number of nitrogens with zero attached hydrogens (tertiary/aromatic N) is 1. The van der Waals surface area contributed by atoms with Gasteiger partial charge in [-0.25, -0.2) is 4.98 Å². The molecule has 1 N–H and O–H groups in total. The Bertz CT molecular complexity index is 356. The molecule has 0 aliphatic carbocycles. The van der Waals surface area contributed by atoms with Crippen LogP contribution in [0.25, 0.3) is 0 Å². The van der Waals surface area contributed by atoms with Crippen molar-refractivity contribution < 1.29 is 4.74 Å². The average molecular weight is 254 g/mol. The number of nitrogens with one attached hydrogen (secondary N) is 1. The Labute approximate surface area is 108 Å². The normalized spacial score (nSPS) is 20.4. The molecule has 1 unspecified atom stereocenters. The Hall–Kier alpha value is -0.450. The molecule has 1 aromatic heterocycles. The largest absolute Gasteiger partial charge is 0.371 e. The predicted octanol–water partition coefficient (Wildman–Crippen LogP) is 3.06. The molecular weight excluding hydrogens is 232 g/mol. The standard InChI is InChI=1S/C13H22N2OS/c1-4-10-12(8-14-9(2)3)17-13(15-10)11-6-5-7-16-11/h9,11,14H,4-8H2,1-3H3. The number of ether oxygens (including phenoxy) is 1. The second-order valence-corrected chi connectivity index (χ2v) is 5.93. The highest BCUT2D eigenvalue weighted by Crippen LogP contribution is 2.33. The Morgan fingerprint density at radius 3 is 2.94 bits per heavy atom. The Morgan fingerprint density at radius 1 is 1.53 bits per heavy atom. The average Bonchev–Trinajstić information content (AvgIpc) is 2.94. The Kier molecular flexibility index (Phi) is 4.54. The second kappa shape index (κ2) is 5.94. The van der Waals surface area contributed by atoms with Gasteiger partial charge >= 0.3 is 0 Å². The molecule has 2 rings (SSSR count).